The number of aliphatic hydroxyl groups is 1. The molecule has 0 fully saturated rings. The maximum atomic E-state index is 13.2. The first-order valence-corrected chi connectivity index (χ1v) is 8.33. The fourth-order valence-corrected chi connectivity index (χ4v) is 2.62. The third-order valence-electron chi connectivity index (χ3n) is 4.09. The van der Waals surface area contributed by atoms with E-state index in [-0.39, 0.29) is 5.57 Å². The van der Waals surface area contributed by atoms with Crippen LogP contribution in [0.15, 0.2) is 48.5 Å². The number of aryl methyl sites for hydroxylation is 1. The van der Waals surface area contributed by atoms with Crippen molar-refractivity contribution in [1.29, 1.82) is 5.26 Å². The molecule has 136 valence electrons. The van der Waals surface area contributed by atoms with Gasteiger partial charge in [-0.05, 0) is 36.0 Å². The Morgan fingerprint density at radius 2 is 1.69 bits per heavy atom. The summed E-state index contributed by atoms with van der Waals surface area (Å²) in [7, 11) is 0. The normalized spacial score (nSPS) is 12.7. The molecule has 2 aromatic carbocycles. The van der Waals surface area contributed by atoms with Gasteiger partial charge in [0.25, 0.3) is 0 Å². The van der Waals surface area contributed by atoms with E-state index in [0.717, 1.165) is 30.5 Å². The Morgan fingerprint density at radius 3 is 2.23 bits per heavy atom. The lowest BCUT2D eigenvalue weighted by molar-refractivity contribution is -0.137. The van der Waals surface area contributed by atoms with E-state index in [9.17, 15) is 23.5 Å². The second-order valence-corrected chi connectivity index (χ2v) is 6.51. The number of benzene rings is 2. The van der Waals surface area contributed by atoms with Crippen LogP contribution < -0.4 is 0 Å². The Kier molecular flexibility index (Phi) is 6.10. The molecule has 0 aliphatic rings. The Hall–Kier alpha value is -2.74. The number of allylic oxidation sites excluding steroid dienone is 1. The molecule has 0 aromatic heterocycles. The number of hydrogen-bond acceptors (Lipinski definition) is 2. The van der Waals surface area contributed by atoms with Gasteiger partial charge in [0.05, 0.1) is 5.56 Å². The van der Waals surface area contributed by atoms with Crippen LogP contribution in [0.2, 0.25) is 0 Å². The summed E-state index contributed by atoms with van der Waals surface area (Å²) >= 11 is 0. The molecule has 5 heteroatoms. The first-order valence-electron chi connectivity index (χ1n) is 8.33. The van der Waals surface area contributed by atoms with Crippen LogP contribution in [0, 0.1) is 17.2 Å². The number of aliphatic hydroxyl groups excluding tert-OH is 1. The second kappa shape index (κ2) is 8.09. The van der Waals surface area contributed by atoms with Crippen LogP contribution in [0.3, 0.4) is 0 Å². The minimum atomic E-state index is -4.62. The molecular weight excluding hydrogens is 339 g/mol. The van der Waals surface area contributed by atoms with Crippen molar-refractivity contribution in [3.63, 3.8) is 0 Å². The van der Waals surface area contributed by atoms with Gasteiger partial charge in [-0.25, -0.2) is 0 Å². The average Bonchev–Trinajstić information content (AvgIpc) is 2.60. The van der Waals surface area contributed by atoms with Crippen molar-refractivity contribution in [2.75, 3.05) is 0 Å². The second-order valence-electron chi connectivity index (χ2n) is 6.51. The molecule has 0 bridgehead atoms. The van der Waals surface area contributed by atoms with E-state index in [1.54, 1.807) is 12.1 Å². The Morgan fingerprint density at radius 1 is 1.08 bits per heavy atom. The number of rotatable bonds is 5. The number of nitrogens with zero attached hydrogens (tertiary/aromatic N) is 1. The molecule has 0 saturated heterocycles. The summed E-state index contributed by atoms with van der Waals surface area (Å²) in [5, 5.41) is 19.8. The summed E-state index contributed by atoms with van der Waals surface area (Å²) < 4.78 is 39.5. The van der Waals surface area contributed by atoms with E-state index >= 15 is 0 Å². The van der Waals surface area contributed by atoms with Gasteiger partial charge < -0.3 is 5.11 Å². The summed E-state index contributed by atoms with van der Waals surface area (Å²) in [6.07, 6.45) is -2.72. The molecule has 0 heterocycles. The van der Waals surface area contributed by atoms with Gasteiger partial charge in [0.1, 0.15) is 17.4 Å². The predicted octanol–water partition coefficient (Wildman–Crippen LogP) is 6.24. The maximum absolute atomic E-state index is 13.2. The maximum Gasteiger partial charge on any atom is 0.417 e. The highest BCUT2D eigenvalue weighted by molar-refractivity contribution is 5.94. The molecule has 1 N–H and O–H groups in total. The quantitative estimate of drug-likeness (QED) is 0.390. The van der Waals surface area contributed by atoms with E-state index < -0.39 is 23.1 Å². The summed E-state index contributed by atoms with van der Waals surface area (Å²) in [4.78, 5) is 0. The fraction of sp³-hybridized carbons (Fsp3) is 0.286. The summed E-state index contributed by atoms with van der Waals surface area (Å²) in [6, 6.07) is 13.5. The number of nitriles is 1. The largest absolute Gasteiger partial charge is 0.506 e. The summed E-state index contributed by atoms with van der Waals surface area (Å²) in [5.41, 5.74) is -0.0958. The Bertz CT molecular complexity index is 828. The standard InChI is InChI=1S/C21H20F3NO/c1-14(2)7-8-15-9-11-16(12-10-15)18(13-25)20(26)17-5-3-4-6-19(17)21(22,23)24/h3-6,9-12,14,26H,7-8H2,1-2H3. The molecule has 0 spiro atoms. The van der Waals surface area contributed by atoms with Crippen molar-refractivity contribution in [1.82, 2.24) is 0 Å². The summed E-state index contributed by atoms with van der Waals surface area (Å²) in [6.45, 7) is 4.25. The third kappa shape index (κ3) is 4.66. The molecule has 0 saturated carbocycles. The molecule has 2 aromatic rings. The van der Waals surface area contributed by atoms with Crippen LogP contribution in [-0.2, 0) is 12.6 Å². The smallest absolute Gasteiger partial charge is 0.417 e. The number of hydrogen-bond donors (Lipinski definition) is 1. The van der Waals surface area contributed by atoms with Crippen molar-refractivity contribution in [2.24, 2.45) is 5.92 Å². The molecule has 26 heavy (non-hydrogen) atoms. The van der Waals surface area contributed by atoms with Crippen molar-refractivity contribution < 1.29 is 18.3 Å². The van der Waals surface area contributed by atoms with Gasteiger partial charge in [-0.1, -0.05) is 56.3 Å². The van der Waals surface area contributed by atoms with E-state index in [4.69, 9.17) is 0 Å². The fourth-order valence-electron chi connectivity index (χ4n) is 2.62. The molecular formula is C21H20F3NO. The van der Waals surface area contributed by atoms with E-state index in [1.165, 1.54) is 12.1 Å². The van der Waals surface area contributed by atoms with Gasteiger partial charge in [0.2, 0.25) is 0 Å². The van der Waals surface area contributed by atoms with E-state index in [0.29, 0.717) is 11.5 Å². The van der Waals surface area contributed by atoms with Gasteiger partial charge in [-0.3, -0.25) is 0 Å². The van der Waals surface area contributed by atoms with Crippen LogP contribution in [0.1, 0.15) is 42.5 Å². The highest BCUT2D eigenvalue weighted by Gasteiger charge is 2.34. The zero-order valence-corrected chi connectivity index (χ0v) is 14.6. The SMILES string of the molecule is CC(C)CCc1ccc(C(C#N)=C(O)c2ccccc2C(F)(F)F)cc1. The highest BCUT2D eigenvalue weighted by Crippen LogP contribution is 2.36. The van der Waals surface area contributed by atoms with Crippen LogP contribution in [0.4, 0.5) is 13.2 Å². The van der Waals surface area contributed by atoms with Crippen LogP contribution in [0.5, 0.6) is 0 Å². The lowest BCUT2D eigenvalue weighted by atomic mass is 9.96. The summed E-state index contributed by atoms with van der Waals surface area (Å²) in [5.74, 6) is -0.109. The van der Waals surface area contributed by atoms with Gasteiger partial charge in [0.15, 0.2) is 0 Å². The monoisotopic (exact) mass is 359 g/mol. The topological polar surface area (TPSA) is 44.0 Å². The molecule has 0 aliphatic carbocycles. The van der Waals surface area contributed by atoms with Crippen molar-refractivity contribution in [3.05, 3.63) is 70.8 Å². The molecule has 0 atom stereocenters. The third-order valence-corrected chi connectivity index (χ3v) is 4.09. The molecule has 2 nitrogen and oxygen atoms in total. The highest BCUT2D eigenvalue weighted by atomic mass is 19.4. The molecule has 2 rings (SSSR count). The first-order chi connectivity index (χ1) is 12.2. The average molecular weight is 359 g/mol. The lowest BCUT2D eigenvalue weighted by Gasteiger charge is -2.13. The Labute approximate surface area is 151 Å². The van der Waals surface area contributed by atoms with E-state index in [1.807, 2.05) is 18.2 Å². The van der Waals surface area contributed by atoms with E-state index in [2.05, 4.69) is 13.8 Å². The van der Waals surface area contributed by atoms with Crippen molar-refractivity contribution in [2.45, 2.75) is 32.9 Å². The lowest BCUT2D eigenvalue weighted by Crippen LogP contribution is -2.09. The van der Waals surface area contributed by atoms with Gasteiger partial charge in [0, 0.05) is 5.56 Å². The number of alkyl halides is 3. The predicted molar refractivity (Wildman–Crippen MR) is 96.1 cm³/mol. The van der Waals surface area contributed by atoms with Crippen molar-refractivity contribution in [3.8, 4) is 6.07 Å². The molecule has 0 aliphatic heterocycles. The zero-order valence-electron chi connectivity index (χ0n) is 14.6. The van der Waals surface area contributed by atoms with Crippen LogP contribution in [0.25, 0.3) is 11.3 Å². The molecule has 0 radical (unpaired) electrons. The van der Waals surface area contributed by atoms with Crippen LogP contribution >= 0.6 is 0 Å². The van der Waals surface area contributed by atoms with Gasteiger partial charge >= 0.3 is 6.18 Å². The van der Waals surface area contributed by atoms with Gasteiger partial charge in [-0.15, -0.1) is 0 Å². The minimum absolute atomic E-state index is 0.183. The first kappa shape index (κ1) is 19.6. The number of halogens is 3. The molecule has 0 amide bonds. The van der Waals surface area contributed by atoms with Crippen molar-refractivity contribution >= 4 is 11.3 Å². The van der Waals surface area contributed by atoms with Gasteiger partial charge in [-0.2, -0.15) is 18.4 Å². The van der Waals surface area contributed by atoms with Crippen LogP contribution in [-0.4, -0.2) is 5.11 Å². The Balaban J connectivity index is 2.43. The minimum Gasteiger partial charge on any atom is -0.506 e. The molecule has 0 unspecified atom stereocenters. The zero-order chi connectivity index (χ0) is 19.3.